The minimum absolute atomic E-state index is 0.358. The average molecular weight is 369 g/mol. The first kappa shape index (κ1) is 18.8. The summed E-state index contributed by atoms with van der Waals surface area (Å²) in [7, 11) is 3.74. The zero-order chi connectivity index (χ0) is 19.2. The molecule has 142 valence electrons. The molecule has 1 saturated heterocycles. The molecule has 0 unspecified atom stereocenters. The molecular weight excluding hydrogens is 345 g/mol. The number of carbonyl (C=O) groups is 1. The fraction of sp³-hybridized carbons (Fsp3) is 0.350. The van der Waals surface area contributed by atoms with E-state index in [4.69, 9.17) is 0 Å². The minimum atomic E-state index is -0.371. The summed E-state index contributed by atoms with van der Waals surface area (Å²) in [5.41, 5.74) is 0.876. The van der Waals surface area contributed by atoms with Gasteiger partial charge in [0.05, 0.1) is 6.20 Å². The van der Waals surface area contributed by atoms with Crippen LogP contribution in [0.1, 0.15) is 24.8 Å². The molecule has 2 heterocycles. The molecule has 0 radical (unpaired) electrons. The third-order valence-corrected chi connectivity index (χ3v) is 4.40. The lowest BCUT2D eigenvalue weighted by Crippen LogP contribution is -2.31. The molecule has 0 atom stereocenters. The maximum absolute atomic E-state index is 13.6. The Morgan fingerprint density at radius 3 is 2.67 bits per heavy atom. The summed E-state index contributed by atoms with van der Waals surface area (Å²) in [6.07, 6.45) is 7.89. The second kappa shape index (κ2) is 8.62. The van der Waals surface area contributed by atoms with E-state index in [0.29, 0.717) is 23.0 Å². The molecule has 1 aliphatic heterocycles. The fourth-order valence-electron chi connectivity index (χ4n) is 2.99. The van der Waals surface area contributed by atoms with Gasteiger partial charge in [0.2, 0.25) is 11.9 Å². The van der Waals surface area contributed by atoms with E-state index in [-0.39, 0.29) is 11.7 Å². The Morgan fingerprint density at radius 1 is 1.22 bits per heavy atom. The molecule has 7 heteroatoms. The van der Waals surface area contributed by atoms with Crippen molar-refractivity contribution < 1.29 is 9.18 Å². The van der Waals surface area contributed by atoms with Gasteiger partial charge in [-0.25, -0.2) is 9.37 Å². The van der Waals surface area contributed by atoms with Crippen molar-refractivity contribution in [1.82, 2.24) is 9.97 Å². The first-order valence-electron chi connectivity index (χ1n) is 9.07. The molecule has 0 spiro atoms. The van der Waals surface area contributed by atoms with Crippen LogP contribution >= 0.6 is 0 Å². The van der Waals surface area contributed by atoms with Gasteiger partial charge in [0.15, 0.2) is 5.82 Å². The van der Waals surface area contributed by atoms with Crippen LogP contribution in [0.25, 0.3) is 6.08 Å². The lowest BCUT2D eigenvalue weighted by molar-refractivity contribution is -0.111. The lowest BCUT2D eigenvalue weighted by atomic mass is 10.1. The van der Waals surface area contributed by atoms with Gasteiger partial charge in [-0.1, -0.05) is 18.2 Å². The summed E-state index contributed by atoms with van der Waals surface area (Å²) in [5, 5.41) is 2.78. The number of anilines is 3. The van der Waals surface area contributed by atoms with Crippen LogP contribution in [0, 0.1) is 5.82 Å². The van der Waals surface area contributed by atoms with Crippen molar-refractivity contribution in [3.8, 4) is 0 Å². The Labute approximate surface area is 158 Å². The molecule has 1 aromatic heterocycles. The number of benzene rings is 1. The van der Waals surface area contributed by atoms with Gasteiger partial charge in [-0.3, -0.25) is 4.79 Å². The lowest BCUT2D eigenvalue weighted by Gasteiger charge is -2.27. The highest BCUT2D eigenvalue weighted by molar-refractivity contribution is 6.03. The van der Waals surface area contributed by atoms with E-state index in [9.17, 15) is 9.18 Å². The number of nitrogens with zero attached hydrogens (tertiary/aromatic N) is 4. The molecule has 27 heavy (non-hydrogen) atoms. The second-order valence-electron chi connectivity index (χ2n) is 6.69. The van der Waals surface area contributed by atoms with Gasteiger partial charge in [-0.15, -0.1) is 0 Å². The molecular formula is C20H24FN5O. The maximum Gasteiger partial charge on any atom is 0.248 e. The van der Waals surface area contributed by atoms with Crippen LogP contribution in [0.4, 0.5) is 21.8 Å². The summed E-state index contributed by atoms with van der Waals surface area (Å²) in [6.45, 7) is 1.90. The normalized spacial score (nSPS) is 14.4. The van der Waals surface area contributed by atoms with E-state index in [2.05, 4.69) is 20.2 Å². The number of piperidine rings is 1. The second-order valence-corrected chi connectivity index (χ2v) is 6.69. The summed E-state index contributed by atoms with van der Waals surface area (Å²) in [6, 6.07) is 6.30. The smallest absolute Gasteiger partial charge is 0.248 e. The van der Waals surface area contributed by atoms with Crippen molar-refractivity contribution >= 4 is 29.4 Å². The summed E-state index contributed by atoms with van der Waals surface area (Å²) < 4.78 is 13.6. The van der Waals surface area contributed by atoms with Crippen molar-refractivity contribution in [2.45, 2.75) is 19.3 Å². The van der Waals surface area contributed by atoms with Gasteiger partial charge in [-0.05, 0) is 31.4 Å². The molecule has 6 nitrogen and oxygen atoms in total. The predicted molar refractivity (Wildman–Crippen MR) is 106 cm³/mol. The monoisotopic (exact) mass is 369 g/mol. The van der Waals surface area contributed by atoms with Gasteiger partial charge >= 0.3 is 0 Å². The van der Waals surface area contributed by atoms with E-state index in [1.165, 1.54) is 24.6 Å². The number of halogens is 1. The highest BCUT2D eigenvalue weighted by atomic mass is 19.1. The third-order valence-electron chi connectivity index (χ3n) is 4.40. The number of aromatic nitrogens is 2. The molecule has 0 saturated carbocycles. The Morgan fingerprint density at radius 2 is 1.96 bits per heavy atom. The highest BCUT2D eigenvalue weighted by Gasteiger charge is 2.17. The number of amides is 1. The number of carbonyl (C=O) groups excluding carboxylic acids is 1. The number of hydrogen-bond acceptors (Lipinski definition) is 5. The van der Waals surface area contributed by atoms with Crippen LogP contribution in [-0.2, 0) is 4.79 Å². The molecule has 1 aliphatic rings. The minimum Gasteiger partial charge on any atom is -0.361 e. The molecule has 1 N–H and O–H groups in total. The first-order valence-corrected chi connectivity index (χ1v) is 9.07. The molecule has 3 rings (SSSR count). The topological polar surface area (TPSA) is 61.4 Å². The van der Waals surface area contributed by atoms with Crippen LogP contribution in [-0.4, -0.2) is 43.1 Å². The van der Waals surface area contributed by atoms with Crippen LogP contribution in [0.2, 0.25) is 0 Å². The van der Waals surface area contributed by atoms with Gasteiger partial charge in [0.1, 0.15) is 11.5 Å². The van der Waals surface area contributed by atoms with Crippen molar-refractivity contribution in [2.24, 2.45) is 0 Å². The van der Waals surface area contributed by atoms with E-state index in [1.807, 2.05) is 19.0 Å². The van der Waals surface area contributed by atoms with Crippen molar-refractivity contribution in [3.05, 3.63) is 47.9 Å². The Bertz CT molecular complexity index is 831. The largest absolute Gasteiger partial charge is 0.361 e. The molecule has 2 aromatic rings. The first-order chi connectivity index (χ1) is 13.0. The Hall–Kier alpha value is -2.96. The van der Waals surface area contributed by atoms with E-state index in [0.717, 1.165) is 25.9 Å². The maximum atomic E-state index is 13.6. The summed E-state index contributed by atoms with van der Waals surface area (Å²) >= 11 is 0. The van der Waals surface area contributed by atoms with E-state index in [1.54, 1.807) is 24.4 Å². The molecule has 1 fully saturated rings. The molecule has 0 aliphatic carbocycles. The molecule has 0 bridgehead atoms. The number of rotatable bonds is 5. The summed E-state index contributed by atoms with van der Waals surface area (Å²) in [5.74, 6) is 0.580. The van der Waals surface area contributed by atoms with Crippen molar-refractivity contribution in [2.75, 3.05) is 42.3 Å². The van der Waals surface area contributed by atoms with Crippen LogP contribution in [0.3, 0.4) is 0 Å². The Balaban J connectivity index is 1.75. The number of nitrogens with one attached hydrogen (secondary N) is 1. The van der Waals surface area contributed by atoms with Gasteiger partial charge in [0, 0.05) is 38.8 Å². The van der Waals surface area contributed by atoms with Gasteiger partial charge in [-0.2, -0.15) is 4.98 Å². The third kappa shape index (κ3) is 4.81. The van der Waals surface area contributed by atoms with Crippen molar-refractivity contribution in [1.29, 1.82) is 0 Å². The molecule has 1 aromatic carbocycles. The quantitative estimate of drug-likeness (QED) is 0.819. The zero-order valence-electron chi connectivity index (χ0n) is 15.7. The highest BCUT2D eigenvalue weighted by Crippen LogP contribution is 2.25. The summed E-state index contributed by atoms with van der Waals surface area (Å²) in [4.78, 5) is 25.3. The van der Waals surface area contributed by atoms with Gasteiger partial charge in [0.25, 0.3) is 0 Å². The van der Waals surface area contributed by atoms with Gasteiger partial charge < -0.3 is 15.1 Å². The standard InChI is InChI=1S/C20H24FN5O/c1-25(2)19-17(14-22-20(24-19)26-12-6-3-7-13-26)23-18(27)11-10-15-8-4-5-9-16(15)21/h4-5,8-11,14H,3,6-7,12-13H2,1-2H3,(H,23,27)/b11-10+. The molecule has 1 amide bonds. The fourth-order valence-corrected chi connectivity index (χ4v) is 2.99. The van der Waals surface area contributed by atoms with Crippen molar-refractivity contribution in [3.63, 3.8) is 0 Å². The number of hydrogen-bond donors (Lipinski definition) is 1. The Kier molecular flexibility index (Phi) is 6.01. The zero-order valence-corrected chi connectivity index (χ0v) is 15.7. The van der Waals surface area contributed by atoms with E-state index >= 15 is 0 Å². The predicted octanol–water partition coefficient (Wildman–Crippen LogP) is 3.32. The van der Waals surface area contributed by atoms with Crippen LogP contribution in [0.15, 0.2) is 36.5 Å². The van der Waals surface area contributed by atoms with Crippen LogP contribution < -0.4 is 15.1 Å². The van der Waals surface area contributed by atoms with E-state index < -0.39 is 0 Å². The SMILES string of the molecule is CN(C)c1nc(N2CCCCC2)ncc1NC(=O)/C=C/c1ccccc1F. The van der Waals surface area contributed by atoms with Crippen LogP contribution in [0.5, 0.6) is 0 Å². The average Bonchev–Trinajstić information content (AvgIpc) is 2.68.